The molecule has 6 nitrogen and oxygen atoms in total. The van der Waals surface area contributed by atoms with E-state index < -0.39 is 0 Å². The molecule has 1 aromatic heterocycles. The van der Waals surface area contributed by atoms with Gasteiger partial charge >= 0.3 is 0 Å². The summed E-state index contributed by atoms with van der Waals surface area (Å²) in [5, 5.41) is 1.46. The van der Waals surface area contributed by atoms with Crippen molar-refractivity contribution in [1.29, 1.82) is 0 Å². The second-order valence-electron chi connectivity index (χ2n) is 8.53. The number of halogens is 1. The molecule has 2 aliphatic heterocycles. The predicted octanol–water partition coefficient (Wildman–Crippen LogP) is 3.61. The van der Waals surface area contributed by atoms with Crippen LogP contribution >= 0.6 is 11.6 Å². The normalized spacial score (nSPS) is 23.6. The number of aromatic nitrogens is 1. The van der Waals surface area contributed by atoms with Gasteiger partial charge in [0.1, 0.15) is 11.3 Å². The van der Waals surface area contributed by atoms with Crippen LogP contribution in [-0.2, 0) is 9.53 Å². The number of likely N-dealkylation sites (tertiary alicyclic amines) is 1. The number of nitrogens with zero attached hydrogens (tertiary/aromatic N) is 3. The van der Waals surface area contributed by atoms with E-state index in [0.717, 1.165) is 51.0 Å². The summed E-state index contributed by atoms with van der Waals surface area (Å²) in [4.78, 5) is 21.5. The van der Waals surface area contributed by atoms with Crippen LogP contribution in [0.2, 0.25) is 5.02 Å². The fourth-order valence-electron chi connectivity index (χ4n) is 4.62. The zero-order valence-corrected chi connectivity index (χ0v) is 18.5. The summed E-state index contributed by atoms with van der Waals surface area (Å²) in [7, 11) is 0. The van der Waals surface area contributed by atoms with Crippen molar-refractivity contribution in [3.63, 3.8) is 0 Å². The number of pyridine rings is 1. The van der Waals surface area contributed by atoms with E-state index in [1.807, 2.05) is 17.0 Å². The summed E-state index contributed by atoms with van der Waals surface area (Å²) >= 11 is 6.23. The number of carbonyl (C=O) groups excluding carboxylic acids is 1. The topological polar surface area (TPSA) is 54.9 Å². The van der Waals surface area contributed by atoms with Crippen LogP contribution in [0.4, 0.5) is 0 Å². The number of fused-ring (bicyclic) bond motifs is 1. The molecule has 2 aromatic rings. The quantitative estimate of drug-likeness (QED) is 0.723. The number of benzene rings is 1. The van der Waals surface area contributed by atoms with Gasteiger partial charge in [0.05, 0.1) is 17.2 Å². The highest BCUT2D eigenvalue weighted by Crippen LogP contribution is 2.29. The summed E-state index contributed by atoms with van der Waals surface area (Å²) in [6.07, 6.45) is 4.37. The molecule has 1 amide bonds. The van der Waals surface area contributed by atoms with Gasteiger partial charge in [-0.1, -0.05) is 11.6 Å². The first kappa shape index (κ1) is 21.3. The van der Waals surface area contributed by atoms with Gasteiger partial charge in [-0.25, -0.2) is 0 Å². The maximum atomic E-state index is 12.7. The van der Waals surface area contributed by atoms with Crippen molar-refractivity contribution >= 4 is 28.4 Å². The van der Waals surface area contributed by atoms with Crippen LogP contribution < -0.4 is 4.74 Å². The Kier molecular flexibility index (Phi) is 6.76. The van der Waals surface area contributed by atoms with Crippen molar-refractivity contribution in [2.24, 2.45) is 5.92 Å². The van der Waals surface area contributed by atoms with Crippen LogP contribution in [0.15, 0.2) is 30.5 Å². The van der Waals surface area contributed by atoms with Crippen molar-refractivity contribution < 1.29 is 14.3 Å². The second kappa shape index (κ2) is 9.50. The molecular weight excluding hydrogens is 402 g/mol. The Morgan fingerprint density at radius 1 is 1.20 bits per heavy atom. The summed E-state index contributed by atoms with van der Waals surface area (Å²) in [6, 6.07) is 7.30. The Balaban J connectivity index is 1.27. The Labute approximate surface area is 183 Å². The van der Waals surface area contributed by atoms with Gasteiger partial charge in [0, 0.05) is 44.3 Å². The molecule has 0 radical (unpaired) electrons. The van der Waals surface area contributed by atoms with Gasteiger partial charge < -0.3 is 14.4 Å². The molecule has 0 bridgehead atoms. The SMILES string of the molecule is CC1CN(CC2CCN(C(=O)COc3ccc(Cl)c4cccnc34)CC2)CC(C)O1. The molecule has 2 aliphatic rings. The molecule has 0 N–H and O–H groups in total. The lowest BCUT2D eigenvalue weighted by Gasteiger charge is -2.39. The molecule has 7 heteroatoms. The van der Waals surface area contributed by atoms with Gasteiger partial charge in [-0.05, 0) is 56.9 Å². The molecular formula is C23H30ClN3O3. The van der Waals surface area contributed by atoms with Crippen molar-refractivity contribution in [2.75, 3.05) is 39.3 Å². The number of morpholine rings is 1. The van der Waals surface area contributed by atoms with Crippen LogP contribution in [0, 0.1) is 5.92 Å². The van der Waals surface area contributed by atoms with Gasteiger partial charge in [0.2, 0.25) is 0 Å². The van der Waals surface area contributed by atoms with E-state index in [2.05, 4.69) is 23.7 Å². The average Bonchev–Trinajstić information content (AvgIpc) is 2.73. The lowest BCUT2D eigenvalue weighted by molar-refractivity contribution is -0.135. The number of hydrogen-bond acceptors (Lipinski definition) is 5. The fourth-order valence-corrected chi connectivity index (χ4v) is 4.84. The molecule has 0 spiro atoms. The zero-order chi connectivity index (χ0) is 21.1. The highest BCUT2D eigenvalue weighted by molar-refractivity contribution is 6.35. The summed E-state index contributed by atoms with van der Waals surface area (Å²) < 4.78 is 11.7. The molecule has 3 heterocycles. The van der Waals surface area contributed by atoms with E-state index in [0.29, 0.717) is 34.4 Å². The molecule has 2 fully saturated rings. The average molecular weight is 432 g/mol. The monoisotopic (exact) mass is 431 g/mol. The Bertz CT molecular complexity index is 875. The largest absolute Gasteiger partial charge is 0.481 e. The molecule has 162 valence electrons. The smallest absolute Gasteiger partial charge is 0.260 e. The third kappa shape index (κ3) is 5.05. The number of hydrogen-bond donors (Lipinski definition) is 0. The van der Waals surface area contributed by atoms with Crippen molar-refractivity contribution in [1.82, 2.24) is 14.8 Å². The van der Waals surface area contributed by atoms with Crippen LogP contribution in [-0.4, -0.2) is 72.2 Å². The standard InChI is InChI=1S/C23H30ClN3O3/c1-16-12-26(13-17(2)30-16)14-18-7-10-27(11-8-18)22(28)15-29-21-6-5-20(24)19-4-3-9-25-23(19)21/h3-6,9,16-18H,7-8,10-15H2,1-2H3. The molecule has 2 saturated heterocycles. The van der Waals surface area contributed by atoms with Gasteiger partial charge in [-0.2, -0.15) is 0 Å². The Hall–Kier alpha value is -1.89. The van der Waals surface area contributed by atoms with Crippen LogP contribution in [0.25, 0.3) is 10.9 Å². The van der Waals surface area contributed by atoms with Gasteiger partial charge in [-0.15, -0.1) is 0 Å². The summed E-state index contributed by atoms with van der Waals surface area (Å²) in [6.45, 7) is 8.99. The predicted molar refractivity (Wildman–Crippen MR) is 118 cm³/mol. The third-order valence-electron chi connectivity index (χ3n) is 6.01. The molecule has 0 saturated carbocycles. The molecule has 30 heavy (non-hydrogen) atoms. The first-order valence-corrected chi connectivity index (χ1v) is 11.2. The van der Waals surface area contributed by atoms with Gasteiger partial charge in [0.25, 0.3) is 5.91 Å². The molecule has 4 rings (SSSR count). The molecule has 0 aliphatic carbocycles. The second-order valence-corrected chi connectivity index (χ2v) is 8.94. The lowest BCUT2D eigenvalue weighted by atomic mass is 9.95. The van der Waals surface area contributed by atoms with E-state index in [-0.39, 0.29) is 12.5 Å². The first-order chi connectivity index (χ1) is 14.5. The maximum Gasteiger partial charge on any atom is 0.260 e. The molecule has 2 unspecified atom stereocenters. The fraction of sp³-hybridized carbons (Fsp3) is 0.565. The van der Waals surface area contributed by atoms with Crippen LogP contribution in [0.5, 0.6) is 5.75 Å². The Morgan fingerprint density at radius 2 is 1.93 bits per heavy atom. The van der Waals surface area contributed by atoms with Crippen LogP contribution in [0.3, 0.4) is 0 Å². The third-order valence-corrected chi connectivity index (χ3v) is 6.34. The van der Waals surface area contributed by atoms with Crippen molar-refractivity contribution in [3.8, 4) is 5.75 Å². The number of amides is 1. The highest BCUT2D eigenvalue weighted by Gasteiger charge is 2.28. The minimum absolute atomic E-state index is 0.0243. The summed E-state index contributed by atoms with van der Waals surface area (Å²) in [5.74, 6) is 1.26. The van der Waals surface area contributed by atoms with Gasteiger partial charge in [0.15, 0.2) is 6.61 Å². The minimum atomic E-state index is 0.0243. The van der Waals surface area contributed by atoms with E-state index in [1.54, 1.807) is 18.3 Å². The summed E-state index contributed by atoms with van der Waals surface area (Å²) in [5.41, 5.74) is 0.686. The molecule has 2 atom stereocenters. The van der Waals surface area contributed by atoms with Crippen LogP contribution in [0.1, 0.15) is 26.7 Å². The van der Waals surface area contributed by atoms with Gasteiger partial charge in [-0.3, -0.25) is 14.7 Å². The van der Waals surface area contributed by atoms with Crippen molar-refractivity contribution in [2.45, 2.75) is 38.9 Å². The highest BCUT2D eigenvalue weighted by atomic mass is 35.5. The van der Waals surface area contributed by atoms with E-state index in [1.165, 1.54) is 0 Å². The number of rotatable bonds is 5. The zero-order valence-electron chi connectivity index (χ0n) is 17.7. The van der Waals surface area contributed by atoms with E-state index >= 15 is 0 Å². The number of ether oxygens (including phenoxy) is 2. The Morgan fingerprint density at radius 3 is 2.67 bits per heavy atom. The van der Waals surface area contributed by atoms with E-state index in [9.17, 15) is 4.79 Å². The van der Waals surface area contributed by atoms with E-state index in [4.69, 9.17) is 21.1 Å². The maximum absolute atomic E-state index is 12.7. The first-order valence-electron chi connectivity index (χ1n) is 10.8. The lowest BCUT2D eigenvalue weighted by Crippen LogP contribution is -2.49. The molecule has 1 aromatic carbocycles. The number of piperidine rings is 1. The minimum Gasteiger partial charge on any atom is -0.481 e. The van der Waals surface area contributed by atoms with Crippen molar-refractivity contribution in [3.05, 3.63) is 35.5 Å². The number of carbonyl (C=O) groups is 1.